The second-order valence-corrected chi connectivity index (χ2v) is 11.7. The smallest absolute Gasteiger partial charge is 0.509 e. The van der Waals surface area contributed by atoms with Gasteiger partial charge >= 0.3 is 20.4 Å². The van der Waals surface area contributed by atoms with E-state index < -0.39 is 0 Å². The van der Waals surface area contributed by atoms with Crippen molar-refractivity contribution in [2.75, 3.05) is 7.11 Å². The van der Waals surface area contributed by atoms with Crippen molar-refractivity contribution < 1.29 is 29.9 Å². The van der Waals surface area contributed by atoms with E-state index >= 15 is 0 Å². The quantitative estimate of drug-likeness (QED) is 0.117. The van der Waals surface area contributed by atoms with Crippen LogP contribution in [0.5, 0.6) is 17.2 Å². The molecule has 4 aromatic carbocycles. The summed E-state index contributed by atoms with van der Waals surface area (Å²) >= 11 is 0. The Morgan fingerprint density at radius 3 is 2.26 bits per heavy atom. The van der Waals surface area contributed by atoms with Crippen LogP contribution in [-0.2, 0) is 20.4 Å². The van der Waals surface area contributed by atoms with Gasteiger partial charge in [-0.3, -0.25) is 4.68 Å². The van der Waals surface area contributed by atoms with Crippen molar-refractivity contribution in [3.63, 3.8) is 0 Å². The number of methoxy groups -OCH3 is 1. The van der Waals surface area contributed by atoms with Crippen molar-refractivity contribution in [1.29, 1.82) is 0 Å². The summed E-state index contributed by atoms with van der Waals surface area (Å²) in [5.41, 5.74) is 7.32. The molecule has 0 saturated heterocycles. The molecule has 6 nitrogen and oxygen atoms in total. The first-order valence-electron chi connectivity index (χ1n) is 15.3. The second-order valence-electron chi connectivity index (χ2n) is 11.7. The van der Waals surface area contributed by atoms with Crippen molar-refractivity contribution in [2.45, 2.75) is 39.5 Å². The van der Waals surface area contributed by atoms with Gasteiger partial charge in [0.15, 0.2) is 0 Å². The molecule has 0 bridgehead atoms. The van der Waals surface area contributed by atoms with Gasteiger partial charge in [0.2, 0.25) is 0 Å². The molecular weight excluding hydrogens is 663 g/mol. The van der Waals surface area contributed by atoms with E-state index in [9.17, 15) is 0 Å². The van der Waals surface area contributed by atoms with Gasteiger partial charge in [-0.05, 0) is 40.6 Å². The Bertz CT molecular complexity index is 2150. The van der Waals surface area contributed by atoms with Crippen LogP contribution in [0.1, 0.15) is 50.9 Å². The number of nitrogens with zero attached hydrogens (tertiary/aromatic N) is 4. The number of hydrogen-bond acceptors (Lipinski definition) is 4. The average Bonchev–Trinajstić information content (AvgIpc) is 3.63. The fourth-order valence-electron chi connectivity index (χ4n) is 6.03. The standard InChI is InChI=1S/C39H34N4O2.Pd/c1-25(2)38-37(27-12-7-6-8-13-27)39(26(3)4)43(41-38)28-14-11-15-30(22-28)45-31-18-19-33-32-16-9-10-17-34(32)42(35(33)23-31)36-24-29(44-5)20-21-40-36;/h6-21,24-26H,1-5H3;/q-2;+2. The molecule has 7 heteroatoms. The Kier molecular flexibility index (Phi) is 8.82. The summed E-state index contributed by atoms with van der Waals surface area (Å²) in [6.07, 6.45) is 1.75. The number of rotatable bonds is 8. The van der Waals surface area contributed by atoms with Crippen LogP contribution < -0.4 is 9.47 Å². The topological polar surface area (TPSA) is 54.1 Å². The van der Waals surface area contributed by atoms with Crippen LogP contribution in [0.15, 0.2) is 103 Å². The fraction of sp³-hybridized carbons (Fsp3) is 0.179. The minimum absolute atomic E-state index is 0. The summed E-state index contributed by atoms with van der Waals surface area (Å²) in [6.45, 7) is 8.81. The summed E-state index contributed by atoms with van der Waals surface area (Å²) in [5, 5.41) is 7.33. The molecule has 0 saturated carbocycles. The van der Waals surface area contributed by atoms with Gasteiger partial charge in [0, 0.05) is 34.8 Å². The SMILES string of the molecule is COc1ccnc(-n2c3[c-]c(Oc4[c-]c(-n5nc(C(C)C)c(-c6ccccc6)c5C(C)C)ccc4)ccc3c3ccccc32)c1.[Pd+2]. The number of para-hydroxylation sites is 1. The van der Waals surface area contributed by atoms with Crippen LogP contribution in [0, 0.1) is 12.1 Å². The van der Waals surface area contributed by atoms with Crippen molar-refractivity contribution in [2.24, 2.45) is 0 Å². The molecular formula is C39H34N4O2Pd. The molecule has 0 radical (unpaired) electrons. The Morgan fingerprint density at radius 2 is 1.50 bits per heavy atom. The molecule has 0 unspecified atom stereocenters. The van der Waals surface area contributed by atoms with E-state index in [4.69, 9.17) is 14.6 Å². The zero-order valence-electron chi connectivity index (χ0n) is 26.4. The van der Waals surface area contributed by atoms with Gasteiger partial charge in [0.1, 0.15) is 11.6 Å². The van der Waals surface area contributed by atoms with Crippen LogP contribution in [0.25, 0.3) is 44.4 Å². The molecule has 0 N–H and O–H groups in total. The van der Waals surface area contributed by atoms with E-state index in [1.54, 1.807) is 13.3 Å². The summed E-state index contributed by atoms with van der Waals surface area (Å²) in [5.74, 6) is 3.15. The minimum atomic E-state index is 0. The van der Waals surface area contributed by atoms with Gasteiger partial charge in [-0.15, -0.1) is 35.7 Å². The van der Waals surface area contributed by atoms with E-state index in [0.717, 1.165) is 50.4 Å². The zero-order chi connectivity index (χ0) is 31.1. The van der Waals surface area contributed by atoms with E-state index in [2.05, 4.69) is 91.8 Å². The van der Waals surface area contributed by atoms with Gasteiger partial charge in [0.05, 0.1) is 18.5 Å². The van der Waals surface area contributed by atoms with Crippen molar-refractivity contribution in [1.82, 2.24) is 19.3 Å². The third-order valence-corrected chi connectivity index (χ3v) is 8.04. The Labute approximate surface area is 283 Å². The first-order valence-corrected chi connectivity index (χ1v) is 15.3. The predicted octanol–water partition coefficient (Wildman–Crippen LogP) is 9.68. The summed E-state index contributed by atoms with van der Waals surface area (Å²) < 4.78 is 16.1. The predicted molar refractivity (Wildman–Crippen MR) is 180 cm³/mol. The molecule has 46 heavy (non-hydrogen) atoms. The number of fused-ring (bicyclic) bond motifs is 3. The van der Waals surface area contributed by atoms with E-state index in [1.165, 1.54) is 11.1 Å². The largest absolute Gasteiger partial charge is 2.00 e. The maximum absolute atomic E-state index is 6.44. The first kappa shape index (κ1) is 31.3. The zero-order valence-corrected chi connectivity index (χ0v) is 27.9. The van der Waals surface area contributed by atoms with Crippen LogP contribution in [0.4, 0.5) is 0 Å². The van der Waals surface area contributed by atoms with Crippen molar-refractivity contribution in [3.8, 4) is 39.9 Å². The normalized spacial score (nSPS) is 11.4. The first-order chi connectivity index (χ1) is 21.9. The van der Waals surface area contributed by atoms with Crippen LogP contribution in [0.3, 0.4) is 0 Å². The molecule has 232 valence electrons. The Balaban J connectivity index is 0.00000372. The number of pyridine rings is 1. The molecule has 0 fully saturated rings. The van der Waals surface area contributed by atoms with Crippen LogP contribution >= 0.6 is 0 Å². The molecule has 0 atom stereocenters. The van der Waals surface area contributed by atoms with E-state index in [-0.39, 0.29) is 32.3 Å². The number of ether oxygens (including phenoxy) is 2. The van der Waals surface area contributed by atoms with Gasteiger partial charge in [-0.1, -0.05) is 81.7 Å². The number of aromatic nitrogens is 4. The van der Waals surface area contributed by atoms with Crippen molar-refractivity contribution in [3.05, 3.63) is 127 Å². The molecule has 0 aliphatic rings. The third-order valence-electron chi connectivity index (χ3n) is 8.04. The fourth-order valence-corrected chi connectivity index (χ4v) is 6.03. The molecule has 7 rings (SSSR count). The molecule has 0 aliphatic carbocycles. The molecule has 0 spiro atoms. The van der Waals surface area contributed by atoms with Crippen LogP contribution in [-0.4, -0.2) is 26.4 Å². The monoisotopic (exact) mass is 696 g/mol. The van der Waals surface area contributed by atoms with Gasteiger partial charge in [0.25, 0.3) is 0 Å². The summed E-state index contributed by atoms with van der Waals surface area (Å²) in [7, 11) is 1.66. The third kappa shape index (κ3) is 5.62. The van der Waals surface area contributed by atoms with Crippen LogP contribution in [0.2, 0.25) is 0 Å². The second kappa shape index (κ2) is 13.0. The molecule has 3 heterocycles. The molecule has 3 aromatic heterocycles. The maximum Gasteiger partial charge on any atom is 2.00 e. The Hall–Kier alpha value is -4.70. The van der Waals surface area contributed by atoms with Gasteiger partial charge < -0.3 is 14.0 Å². The van der Waals surface area contributed by atoms with Gasteiger partial charge in [-0.25, -0.2) is 4.98 Å². The summed E-state index contributed by atoms with van der Waals surface area (Å²) in [6, 6.07) is 39.6. The Morgan fingerprint density at radius 1 is 0.739 bits per heavy atom. The summed E-state index contributed by atoms with van der Waals surface area (Å²) in [4.78, 5) is 4.66. The maximum atomic E-state index is 6.44. The van der Waals surface area contributed by atoms with Crippen molar-refractivity contribution >= 4 is 21.8 Å². The van der Waals surface area contributed by atoms with E-state index in [1.807, 2.05) is 59.3 Å². The van der Waals surface area contributed by atoms with E-state index in [0.29, 0.717) is 11.5 Å². The molecule has 7 aromatic rings. The number of benzene rings is 4. The number of hydrogen-bond donors (Lipinski definition) is 0. The molecule has 0 aliphatic heterocycles. The van der Waals surface area contributed by atoms with Gasteiger partial charge in [-0.2, -0.15) is 17.2 Å². The minimum Gasteiger partial charge on any atom is -0.509 e. The average molecular weight is 697 g/mol. The molecule has 0 amide bonds.